The number of esters is 1. The molecule has 1 fully saturated rings. The highest BCUT2D eigenvalue weighted by Gasteiger charge is 2.29. The Labute approximate surface area is 215 Å². The second-order valence-corrected chi connectivity index (χ2v) is 11.4. The van der Waals surface area contributed by atoms with Gasteiger partial charge in [-0.2, -0.15) is 4.31 Å². The second kappa shape index (κ2) is 11.3. The first kappa shape index (κ1) is 25.3. The fourth-order valence-corrected chi connectivity index (χ4v) is 6.70. The summed E-state index contributed by atoms with van der Waals surface area (Å²) >= 11 is 7.10. The van der Waals surface area contributed by atoms with Gasteiger partial charge < -0.3 is 15.0 Å². The smallest absolute Gasteiger partial charge is 0.341 e. The summed E-state index contributed by atoms with van der Waals surface area (Å²) in [6.45, 7) is 3.62. The zero-order valence-electron chi connectivity index (χ0n) is 19.3. The lowest BCUT2D eigenvalue weighted by Gasteiger charge is -2.35. The number of sulfonamides is 1. The molecule has 10 heteroatoms. The molecule has 3 aromatic rings. The number of piperazine rings is 1. The molecule has 7 nitrogen and oxygen atoms in total. The molecule has 1 aromatic heterocycles. The quantitative estimate of drug-likeness (QED) is 0.363. The molecule has 0 atom stereocenters. The minimum Gasteiger partial charge on any atom is -0.462 e. The Morgan fingerprint density at radius 1 is 1.03 bits per heavy atom. The predicted octanol–water partition coefficient (Wildman–Crippen LogP) is 4.22. The largest absolute Gasteiger partial charge is 0.462 e. The molecule has 0 radical (unpaired) electrons. The number of nitrogens with zero attached hydrogens (tertiary/aromatic N) is 2. The van der Waals surface area contributed by atoms with Crippen molar-refractivity contribution in [2.24, 2.45) is 0 Å². The monoisotopic (exact) mass is 529 g/mol. The molecule has 2 heterocycles. The van der Waals surface area contributed by atoms with E-state index >= 15 is 0 Å². The number of thiocarbonyl (C=S) groups is 1. The van der Waals surface area contributed by atoms with E-state index in [0.29, 0.717) is 48.3 Å². The summed E-state index contributed by atoms with van der Waals surface area (Å²) in [5.41, 5.74) is 1.60. The molecule has 35 heavy (non-hydrogen) atoms. The van der Waals surface area contributed by atoms with Gasteiger partial charge in [-0.05, 0) is 42.9 Å². The van der Waals surface area contributed by atoms with Crippen LogP contribution in [0, 0.1) is 0 Å². The number of ether oxygens (including phenoxy) is 1. The zero-order chi connectivity index (χ0) is 24.8. The van der Waals surface area contributed by atoms with E-state index in [0.717, 1.165) is 10.4 Å². The molecule has 2 aromatic carbocycles. The SMILES string of the molecule is CCOC(=O)c1cc(Cc2ccccc2)sc1NC(=S)N1CCN(S(=O)(=O)c2ccccc2)CC1. The minimum absolute atomic E-state index is 0.282. The van der Waals surface area contributed by atoms with Crippen LogP contribution in [0.2, 0.25) is 0 Å². The van der Waals surface area contributed by atoms with E-state index in [1.165, 1.54) is 15.6 Å². The van der Waals surface area contributed by atoms with E-state index in [-0.39, 0.29) is 11.5 Å². The van der Waals surface area contributed by atoms with Crippen LogP contribution in [0.5, 0.6) is 0 Å². The van der Waals surface area contributed by atoms with Crippen molar-refractivity contribution in [1.82, 2.24) is 9.21 Å². The number of carbonyl (C=O) groups excluding carboxylic acids is 1. The highest BCUT2D eigenvalue weighted by molar-refractivity contribution is 7.89. The van der Waals surface area contributed by atoms with Crippen LogP contribution in [-0.2, 0) is 21.2 Å². The number of hydrogen-bond donors (Lipinski definition) is 1. The highest BCUT2D eigenvalue weighted by atomic mass is 32.2. The summed E-state index contributed by atoms with van der Waals surface area (Å²) in [4.78, 5) is 15.8. The molecule has 0 unspecified atom stereocenters. The van der Waals surface area contributed by atoms with Crippen molar-refractivity contribution >= 4 is 49.7 Å². The average molecular weight is 530 g/mol. The number of carbonyl (C=O) groups is 1. The standard InChI is InChI=1S/C25H27N3O4S3/c1-2-32-24(29)22-18-20(17-19-9-5-3-6-10-19)34-23(22)26-25(33)27-13-15-28(16-14-27)35(30,31)21-11-7-4-8-12-21/h3-12,18H,2,13-17H2,1H3,(H,26,33). The van der Waals surface area contributed by atoms with Gasteiger partial charge in [-0.1, -0.05) is 48.5 Å². The van der Waals surface area contributed by atoms with E-state index in [9.17, 15) is 13.2 Å². The zero-order valence-corrected chi connectivity index (χ0v) is 21.8. The van der Waals surface area contributed by atoms with Crippen LogP contribution in [0.3, 0.4) is 0 Å². The van der Waals surface area contributed by atoms with Crippen molar-refractivity contribution in [3.8, 4) is 0 Å². The number of nitrogens with one attached hydrogen (secondary N) is 1. The maximum Gasteiger partial charge on any atom is 0.341 e. The molecular formula is C25H27N3O4S3. The highest BCUT2D eigenvalue weighted by Crippen LogP contribution is 2.31. The van der Waals surface area contributed by atoms with Crippen molar-refractivity contribution in [3.05, 3.63) is 82.7 Å². The summed E-state index contributed by atoms with van der Waals surface area (Å²) in [7, 11) is -3.54. The third-order valence-corrected chi connectivity index (χ3v) is 8.95. The summed E-state index contributed by atoms with van der Waals surface area (Å²) in [6, 6.07) is 20.3. The van der Waals surface area contributed by atoms with Gasteiger partial charge in [0.15, 0.2) is 5.11 Å². The third kappa shape index (κ3) is 6.07. The van der Waals surface area contributed by atoms with Crippen LogP contribution < -0.4 is 5.32 Å². The maximum absolute atomic E-state index is 12.9. The fraction of sp³-hybridized carbons (Fsp3) is 0.280. The lowest BCUT2D eigenvalue weighted by molar-refractivity contribution is 0.0528. The van der Waals surface area contributed by atoms with Crippen LogP contribution in [0.15, 0.2) is 71.6 Å². The summed E-state index contributed by atoms with van der Waals surface area (Å²) in [5, 5.41) is 4.31. The lowest BCUT2D eigenvalue weighted by atomic mass is 10.1. The van der Waals surface area contributed by atoms with Gasteiger partial charge in [0.25, 0.3) is 0 Å². The normalized spacial score (nSPS) is 14.5. The van der Waals surface area contributed by atoms with E-state index in [2.05, 4.69) is 5.32 Å². The van der Waals surface area contributed by atoms with E-state index in [1.54, 1.807) is 37.3 Å². The van der Waals surface area contributed by atoms with Gasteiger partial charge >= 0.3 is 5.97 Å². The molecule has 0 aliphatic carbocycles. The molecule has 1 aliphatic heterocycles. The third-order valence-electron chi connectivity index (χ3n) is 5.63. The van der Waals surface area contributed by atoms with E-state index in [1.807, 2.05) is 41.3 Å². The number of anilines is 1. The summed E-state index contributed by atoms with van der Waals surface area (Å²) in [6.07, 6.45) is 0.697. The van der Waals surface area contributed by atoms with Crippen LogP contribution >= 0.6 is 23.6 Å². The molecule has 0 spiro atoms. The molecule has 0 saturated carbocycles. The molecular weight excluding hydrogens is 502 g/mol. The molecule has 184 valence electrons. The average Bonchev–Trinajstić information content (AvgIpc) is 3.27. The fourth-order valence-electron chi connectivity index (χ4n) is 3.83. The first-order chi connectivity index (χ1) is 16.9. The van der Waals surface area contributed by atoms with Gasteiger partial charge in [0, 0.05) is 37.5 Å². The van der Waals surface area contributed by atoms with Crippen molar-refractivity contribution < 1.29 is 17.9 Å². The van der Waals surface area contributed by atoms with E-state index < -0.39 is 16.0 Å². The van der Waals surface area contributed by atoms with Crippen LogP contribution in [0.1, 0.15) is 27.7 Å². The Morgan fingerprint density at radius 2 is 1.66 bits per heavy atom. The second-order valence-electron chi connectivity index (χ2n) is 7.97. The maximum atomic E-state index is 12.9. The van der Waals surface area contributed by atoms with Crippen molar-refractivity contribution in [2.75, 3.05) is 38.1 Å². The van der Waals surface area contributed by atoms with Gasteiger partial charge in [-0.25, -0.2) is 13.2 Å². The predicted molar refractivity (Wildman–Crippen MR) is 143 cm³/mol. The van der Waals surface area contributed by atoms with E-state index in [4.69, 9.17) is 17.0 Å². The Hall–Kier alpha value is -2.79. The number of benzene rings is 2. The Bertz CT molecular complexity index is 1270. The van der Waals surface area contributed by atoms with Crippen LogP contribution in [-0.4, -0.2) is 61.5 Å². The molecule has 1 N–H and O–H groups in total. The van der Waals surface area contributed by atoms with Gasteiger partial charge in [0.05, 0.1) is 17.1 Å². The molecule has 0 bridgehead atoms. The summed E-state index contributed by atoms with van der Waals surface area (Å²) < 4.78 is 32.5. The van der Waals surface area contributed by atoms with Gasteiger partial charge in [-0.3, -0.25) is 0 Å². The molecule has 1 aliphatic rings. The van der Waals surface area contributed by atoms with Gasteiger partial charge in [0.1, 0.15) is 5.00 Å². The molecule has 1 saturated heterocycles. The number of thiophene rings is 1. The van der Waals surface area contributed by atoms with Gasteiger partial charge in [0.2, 0.25) is 10.0 Å². The van der Waals surface area contributed by atoms with Crippen molar-refractivity contribution in [3.63, 3.8) is 0 Å². The lowest BCUT2D eigenvalue weighted by Crippen LogP contribution is -2.51. The first-order valence-electron chi connectivity index (χ1n) is 11.3. The Kier molecular flexibility index (Phi) is 8.17. The number of hydrogen-bond acceptors (Lipinski definition) is 6. The molecule has 4 rings (SSSR count). The minimum atomic E-state index is -3.54. The van der Waals surface area contributed by atoms with Gasteiger partial charge in [-0.15, -0.1) is 11.3 Å². The Morgan fingerprint density at radius 3 is 2.29 bits per heavy atom. The van der Waals surface area contributed by atoms with Crippen LogP contribution in [0.4, 0.5) is 5.00 Å². The Balaban J connectivity index is 1.44. The van der Waals surface area contributed by atoms with Crippen molar-refractivity contribution in [2.45, 2.75) is 18.2 Å². The van der Waals surface area contributed by atoms with Crippen LogP contribution in [0.25, 0.3) is 0 Å². The first-order valence-corrected chi connectivity index (χ1v) is 14.0. The summed E-state index contributed by atoms with van der Waals surface area (Å²) in [5.74, 6) is -0.396. The number of rotatable bonds is 7. The molecule has 0 amide bonds. The topological polar surface area (TPSA) is 79.0 Å². The van der Waals surface area contributed by atoms with Crippen molar-refractivity contribution in [1.29, 1.82) is 0 Å².